The Morgan fingerprint density at radius 3 is 2.56 bits per heavy atom. The first-order valence-corrected chi connectivity index (χ1v) is 11.7. The van der Waals surface area contributed by atoms with Crippen molar-refractivity contribution >= 4 is 39.3 Å². The number of hydrogen-bond acceptors (Lipinski definition) is 4. The SMILES string of the molecule is CC[C@H](C(=O)NCC(C)C)N(Cc1cccc(OC)c1)C(=O)COc1ccc(Cl)cc1Br. The standard InChI is InChI=1S/C24H30BrClN2O4/c1-5-21(24(30)27-13-16(2)3)28(14-17-7-6-8-19(11-17)31-4)23(29)15-32-22-10-9-18(26)12-20(22)25/h6-12,16,21H,5,13-15H2,1-4H3,(H,27,30)/t21-/m1/s1. The number of benzene rings is 2. The van der Waals surface area contributed by atoms with E-state index in [1.54, 1.807) is 30.2 Å². The van der Waals surface area contributed by atoms with Gasteiger partial charge in [-0.15, -0.1) is 0 Å². The van der Waals surface area contributed by atoms with Gasteiger partial charge in [-0.3, -0.25) is 9.59 Å². The fourth-order valence-electron chi connectivity index (χ4n) is 3.12. The van der Waals surface area contributed by atoms with Crippen molar-refractivity contribution in [2.45, 2.75) is 39.8 Å². The molecule has 0 fully saturated rings. The van der Waals surface area contributed by atoms with Gasteiger partial charge in [0.15, 0.2) is 6.61 Å². The highest BCUT2D eigenvalue weighted by molar-refractivity contribution is 9.10. The molecule has 1 N–H and O–H groups in total. The van der Waals surface area contributed by atoms with Crippen molar-refractivity contribution in [1.82, 2.24) is 10.2 Å². The number of halogens is 2. The summed E-state index contributed by atoms with van der Waals surface area (Å²) in [5.41, 5.74) is 0.862. The fraction of sp³-hybridized carbons (Fsp3) is 0.417. The molecule has 0 unspecified atom stereocenters. The molecule has 0 heterocycles. The van der Waals surface area contributed by atoms with E-state index in [9.17, 15) is 9.59 Å². The third-order valence-electron chi connectivity index (χ3n) is 4.80. The molecule has 6 nitrogen and oxygen atoms in total. The molecule has 1 atom stereocenters. The van der Waals surface area contributed by atoms with Crippen molar-refractivity contribution in [2.24, 2.45) is 5.92 Å². The zero-order valence-corrected chi connectivity index (χ0v) is 21.2. The van der Waals surface area contributed by atoms with E-state index in [0.29, 0.717) is 39.9 Å². The predicted molar refractivity (Wildman–Crippen MR) is 130 cm³/mol. The van der Waals surface area contributed by atoms with Crippen LogP contribution in [0.2, 0.25) is 5.02 Å². The molecule has 0 aliphatic heterocycles. The van der Waals surface area contributed by atoms with Gasteiger partial charge in [-0.05, 0) is 64.2 Å². The van der Waals surface area contributed by atoms with Crippen LogP contribution < -0.4 is 14.8 Å². The molecule has 0 saturated heterocycles. The first kappa shape index (κ1) is 26.0. The molecule has 0 radical (unpaired) electrons. The second-order valence-corrected chi connectivity index (χ2v) is 9.09. The minimum atomic E-state index is -0.621. The Morgan fingerprint density at radius 2 is 1.94 bits per heavy atom. The molecule has 2 aromatic rings. The Balaban J connectivity index is 2.24. The smallest absolute Gasteiger partial charge is 0.261 e. The molecule has 2 rings (SSSR count). The number of hydrogen-bond donors (Lipinski definition) is 1. The summed E-state index contributed by atoms with van der Waals surface area (Å²) < 4.78 is 11.7. The van der Waals surface area contributed by atoms with E-state index in [1.165, 1.54) is 0 Å². The number of ether oxygens (including phenoxy) is 2. The summed E-state index contributed by atoms with van der Waals surface area (Å²) in [5, 5.41) is 3.50. The van der Waals surface area contributed by atoms with Gasteiger partial charge in [0.2, 0.25) is 5.91 Å². The lowest BCUT2D eigenvalue weighted by Crippen LogP contribution is -2.50. The highest BCUT2D eigenvalue weighted by Crippen LogP contribution is 2.28. The molecular weight excluding hydrogens is 496 g/mol. The van der Waals surface area contributed by atoms with Gasteiger partial charge in [0, 0.05) is 18.1 Å². The van der Waals surface area contributed by atoms with Gasteiger partial charge < -0.3 is 19.7 Å². The van der Waals surface area contributed by atoms with Crippen molar-refractivity contribution in [3.05, 3.63) is 57.5 Å². The van der Waals surface area contributed by atoms with Gasteiger partial charge in [-0.2, -0.15) is 0 Å². The first-order valence-electron chi connectivity index (χ1n) is 10.5. The molecular formula is C24H30BrClN2O4. The number of amides is 2. The quantitative estimate of drug-likeness (QED) is 0.445. The molecule has 2 amide bonds. The summed E-state index contributed by atoms with van der Waals surface area (Å²) in [5.74, 6) is 1.03. The second kappa shape index (κ2) is 12.7. The van der Waals surface area contributed by atoms with E-state index >= 15 is 0 Å². The van der Waals surface area contributed by atoms with Crippen molar-refractivity contribution < 1.29 is 19.1 Å². The van der Waals surface area contributed by atoms with Crippen LogP contribution in [0.25, 0.3) is 0 Å². The zero-order chi connectivity index (χ0) is 23.7. The molecule has 8 heteroatoms. The van der Waals surface area contributed by atoms with Crippen LogP contribution in [0.15, 0.2) is 46.9 Å². The Kier molecular flexibility index (Phi) is 10.3. The van der Waals surface area contributed by atoms with Crippen LogP contribution in [0.1, 0.15) is 32.8 Å². The van der Waals surface area contributed by atoms with Crippen molar-refractivity contribution in [2.75, 3.05) is 20.3 Å². The van der Waals surface area contributed by atoms with Crippen molar-refractivity contribution in [3.63, 3.8) is 0 Å². The molecule has 174 valence electrons. The van der Waals surface area contributed by atoms with Gasteiger partial charge >= 0.3 is 0 Å². The maximum absolute atomic E-state index is 13.2. The number of rotatable bonds is 11. The summed E-state index contributed by atoms with van der Waals surface area (Å²) in [6, 6.07) is 11.9. The third-order valence-corrected chi connectivity index (χ3v) is 5.66. The summed E-state index contributed by atoms with van der Waals surface area (Å²) in [6.45, 7) is 6.54. The van der Waals surface area contributed by atoms with E-state index in [0.717, 1.165) is 5.56 Å². The first-order chi connectivity index (χ1) is 15.2. The largest absolute Gasteiger partial charge is 0.497 e. The van der Waals surface area contributed by atoms with Crippen LogP contribution in [0.5, 0.6) is 11.5 Å². The highest BCUT2D eigenvalue weighted by atomic mass is 79.9. The second-order valence-electron chi connectivity index (χ2n) is 7.80. The van der Waals surface area contributed by atoms with E-state index in [1.807, 2.05) is 45.0 Å². The summed E-state index contributed by atoms with van der Waals surface area (Å²) in [7, 11) is 1.59. The average Bonchev–Trinajstić information content (AvgIpc) is 2.76. The molecule has 0 aliphatic rings. The van der Waals surface area contributed by atoms with Crippen LogP contribution in [0.4, 0.5) is 0 Å². The minimum absolute atomic E-state index is 0.176. The Labute approximate surface area is 203 Å². The van der Waals surface area contributed by atoms with Gasteiger partial charge in [-0.25, -0.2) is 0 Å². The van der Waals surface area contributed by atoms with Gasteiger partial charge in [0.1, 0.15) is 17.5 Å². The molecule has 0 aliphatic carbocycles. The number of methoxy groups -OCH3 is 1. The molecule has 0 saturated carbocycles. The topological polar surface area (TPSA) is 67.9 Å². The van der Waals surface area contributed by atoms with Crippen molar-refractivity contribution in [1.29, 1.82) is 0 Å². The lowest BCUT2D eigenvalue weighted by molar-refractivity contribution is -0.143. The maximum Gasteiger partial charge on any atom is 0.261 e. The van der Waals surface area contributed by atoms with Crippen molar-refractivity contribution in [3.8, 4) is 11.5 Å². The normalized spacial score (nSPS) is 11.7. The molecule has 0 spiro atoms. The number of nitrogens with zero attached hydrogens (tertiary/aromatic N) is 1. The predicted octanol–water partition coefficient (Wildman–Crippen LogP) is 5.07. The Hall–Kier alpha value is -2.25. The molecule has 32 heavy (non-hydrogen) atoms. The number of nitrogens with one attached hydrogen (secondary N) is 1. The number of carbonyl (C=O) groups excluding carboxylic acids is 2. The van der Waals surface area contributed by atoms with Crippen LogP contribution >= 0.6 is 27.5 Å². The Morgan fingerprint density at radius 1 is 1.19 bits per heavy atom. The van der Waals surface area contributed by atoms with Gasteiger partial charge in [0.05, 0.1) is 11.6 Å². The van der Waals surface area contributed by atoms with E-state index in [-0.39, 0.29) is 25.0 Å². The highest BCUT2D eigenvalue weighted by Gasteiger charge is 2.29. The summed E-state index contributed by atoms with van der Waals surface area (Å²) >= 11 is 9.37. The maximum atomic E-state index is 13.2. The Bertz CT molecular complexity index is 923. The van der Waals surface area contributed by atoms with Crippen LogP contribution in [0.3, 0.4) is 0 Å². The molecule has 0 bridgehead atoms. The molecule has 0 aromatic heterocycles. The average molecular weight is 526 g/mol. The third kappa shape index (κ3) is 7.71. The fourth-order valence-corrected chi connectivity index (χ4v) is 3.92. The number of carbonyl (C=O) groups is 2. The van der Waals surface area contributed by atoms with Gasteiger partial charge in [0.25, 0.3) is 5.91 Å². The summed E-state index contributed by atoms with van der Waals surface area (Å²) in [6.07, 6.45) is 0.476. The van der Waals surface area contributed by atoms with E-state index in [2.05, 4.69) is 21.2 Å². The van der Waals surface area contributed by atoms with Crippen LogP contribution in [-0.4, -0.2) is 43.0 Å². The van der Waals surface area contributed by atoms with Crippen LogP contribution in [-0.2, 0) is 16.1 Å². The lowest BCUT2D eigenvalue weighted by atomic mass is 10.1. The lowest BCUT2D eigenvalue weighted by Gasteiger charge is -2.31. The van der Waals surface area contributed by atoms with Crippen LogP contribution in [0, 0.1) is 5.92 Å². The monoisotopic (exact) mass is 524 g/mol. The minimum Gasteiger partial charge on any atom is -0.497 e. The summed E-state index contributed by atoms with van der Waals surface area (Å²) in [4.78, 5) is 27.7. The van der Waals surface area contributed by atoms with Gasteiger partial charge in [-0.1, -0.05) is 44.5 Å². The molecule has 2 aromatic carbocycles. The van der Waals surface area contributed by atoms with E-state index in [4.69, 9.17) is 21.1 Å². The van der Waals surface area contributed by atoms with E-state index < -0.39 is 6.04 Å². The zero-order valence-electron chi connectivity index (χ0n) is 18.9.